The summed E-state index contributed by atoms with van der Waals surface area (Å²) in [5, 5.41) is 8.17. The van der Waals surface area contributed by atoms with Gasteiger partial charge in [-0.05, 0) is 106 Å². The third-order valence-electron chi connectivity index (χ3n) is 10.9. The Balaban J connectivity index is 1.11. The second-order valence-corrected chi connectivity index (χ2v) is 15.6. The van der Waals surface area contributed by atoms with E-state index in [1.807, 2.05) is 0 Å². The van der Waals surface area contributed by atoms with Crippen molar-refractivity contribution in [2.75, 3.05) is 0 Å². The lowest BCUT2D eigenvalue weighted by atomic mass is 9.97. The predicted octanol–water partition coefficient (Wildman–Crippen LogP) is 10.3. The Labute approximate surface area is 298 Å². The molecule has 0 unspecified atom stereocenters. The Kier molecular flexibility index (Phi) is 6.15. The summed E-state index contributed by atoms with van der Waals surface area (Å²) in [5.74, 6) is 0. The van der Waals surface area contributed by atoms with Gasteiger partial charge in [-0.1, -0.05) is 120 Å². The number of benzene rings is 8. The van der Waals surface area contributed by atoms with Crippen LogP contribution in [0.2, 0.25) is 0 Å². The van der Waals surface area contributed by atoms with Crippen LogP contribution in [0.25, 0.3) is 88.4 Å². The average molecular weight is 665 g/mol. The van der Waals surface area contributed by atoms with Crippen LogP contribution in [0, 0.1) is 0 Å². The molecule has 3 heteroatoms. The van der Waals surface area contributed by atoms with Crippen molar-refractivity contribution >= 4 is 63.5 Å². The summed E-state index contributed by atoms with van der Waals surface area (Å²) in [7, 11) is -0.416. The molecule has 238 valence electrons. The van der Waals surface area contributed by atoms with E-state index in [4.69, 9.17) is 0 Å². The van der Waals surface area contributed by atoms with Crippen molar-refractivity contribution in [3.05, 3.63) is 182 Å². The topological polar surface area (TPSA) is 9.86 Å². The molecule has 0 amide bonds. The SMILES string of the molecule is c1ccc(-n2c3ccccc3c3cc(-c4ccc5c(c4)c4cc(-c6ccc7c(c6)-c6ccccc6[SiH2]7)ccc4n5-c4ccccc4)ccc32)cc1. The summed E-state index contributed by atoms with van der Waals surface area (Å²) in [6.45, 7) is 0. The predicted molar refractivity (Wildman–Crippen MR) is 219 cm³/mol. The van der Waals surface area contributed by atoms with E-state index < -0.39 is 9.52 Å². The van der Waals surface area contributed by atoms with Gasteiger partial charge in [0.15, 0.2) is 0 Å². The first-order valence-electron chi connectivity index (χ1n) is 17.7. The van der Waals surface area contributed by atoms with Gasteiger partial charge >= 0.3 is 0 Å². The van der Waals surface area contributed by atoms with Gasteiger partial charge in [-0.25, -0.2) is 0 Å². The fourth-order valence-electron chi connectivity index (χ4n) is 8.55. The molecule has 0 N–H and O–H groups in total. The molecule has 0 saturated heterocycles. The van der Waals surface area contributed by atoms with Gasteiger partial charge in [-0.2, -0.15) is 0 Å². The van der Waals surface area contributed by atoms with Gasteiger partial charge in [0, 0.05) is 32.9 Å². The van der Waals surface area contributed by atoms with E-state index in [-0.39, 0.29) is 0 Å². The van der Waals surface area contributed by atoms with Crippen molar-refractivity contribution in [2.45, 2.75) is 0 Å². The van der Waals surface area contributed by atoms with Crippen molar-refractivity contribution in [1.29, 1.82) is 0 Å². The molecular weight excluding hydrogens is 633 g/mol. The van der Waals surface area contributed by atoms with Crippen LogP contribution in [-0.2, 0) is 0 Å². The molecule has 0 atom stereocenters. The van der Waals surface area contributed by atoms with Crippen molar-refractivity contribution in [3.63, 3.8) is 0 Å². The number of aromatic nitrogens is 2. The second kappa shape index (κ2) is 11.0. The lowest BCUT2D eigenvalue weighted by Crippen LogP contribution is -2.20. The zero-order valence-electron chi connectivity index (χ0n) is 27.9. The van der Waals surface area contributed by atoms with Crippen molar-refractivity contribution in [2.24, 2.45) is 0 Å². The maximum atomic E-state index is 2.43. The molecule has 0 saturated carbocycles. The number of rotatable bonds is 4. The molecule has 0 spiro atoms. The fourth-order valence-corrected chi connectivity index (χ4v) is 10.4. The number of nitrogens with zero attached hydrogens (tertiary/aromatic N) is 2. The van der Waals surface area contributed by atoms with Gasteiger partial charge in [0.25, 0.3) is 0 Å². The molecule has 1 aliphatic heterocycles. The van der Waals surface area contributed by atoms with E-state index in [2.05, 4.69) is 191 Å². The smallest absolute Gasteiger partial charge is 0.0891 e. The molecule has 2 nitrogen and oxygen atoms in total. The van der Waals surface area contributed by atoms with Gasteiger partial charge in [0.1, 0.15) is 0 Å². The van der Waals surface area contributed by atoms with Crippen LogP contribution in [-0.4, -0.2) is 18.7 Å². The maximum Gasteiger partial charge on any atom is 0.0891 e. The molecule has 11 rings (SSSR count). The zero-order valence-corrected chi connectivity index (χ0v) is 29.3. The highest BCUT2D eigenvalue weighted by Crippen LogP contribution is 2.39. The first-order valence-corrected chi connectivity index (χ1v) is 19.1. The normalized spacial score (nSPS) is 12.7. The van der Waals surface area contributed by atoms with Crippen LogP contribution in [0.5, 0.6) is 0 Å². The number of hydrogen-bond acceptors (Lipinski definition) is 0. The minimum Gasteiger partial charge on any atom is -0.309 e. The molecule has 51 heavy (non-hydrogen) atoms. The molecule has 2 aromatic heterocycles. The molecule has 8 aromatic carbocycles. The number of para-hydroxylation sites is 3. The molecule has 10 aromatic rings. The van der Waals surface area contributed by atoms with Crippen LogP contribution in [0.15, 0.2) is 182 Å². The third-order valence-corrected chi connectivity index (χ3v) is 12.9. The van der Waals surface area contributed by atoms with Crippen molar-refractivity contribution < 1.29 is 0 Å². The van der Waals surface area contributed by atoms with Gasteiger partial charge in [0.2, 0.25) is 0 Å². The van der Waals surface area contributed by atoms with Crippen LogP contribution in [0.4, 0.5) is 0 Å². The lowest BCUT2D eigenvalue weighted by Gasteiger charge is -2.09. The summed E-state index contributed by atoms with van der Waals surface area (Å²) in [4.78, 5) is 0. The second-order valence-electron chi connectivity index (χ2n) is 13.8. The highest BCUT2D eigenvalue weighted by atomic mass is 28.2. The monoisotopic (exact) mass is 664 g/mol. The minimum atomic E-state index is -0.416. The molecule has 0 bridgehead atoms. The van der Waals surface area contributed by atoms with E-state index in [0.29, 0.717) is 0 Å². The summed E-state index contributed by atoms with van der Waals surface area (Å²) in [6, 6.07) is 67.3. The van der Waals surface area contributed by atoms with Crippen molar-refractivity contribution in [3.8, 4) is 44.8 Å². The first kappa shape index (κ1) is 28.4. The summed E-state index contributed by atoms with van der Waals surface area (Å²) < 4.78 is 4.80. The van der Waals surface area contributed by atoms with E-state index in [0.717, 1.165) is 0 Å². The van der Waals surface area contributed by atoms with Crippen LogP contribution >= 0.6 is 0 Å². The minimum absolute atomic E-state index is 0.416. The van der Waals surface area contributed by atoms with Gasteiger partial charge in [-0.3, -0.25) is 0 Å². The molecular formula is C48H32N2Si. The van der Waals surface area contributed by atoms with Gasteiger partial charge in [-0.15, -0.1) is 0 Å². The third kappa shape index (κ3) is 4.35. The quantitative estimate of drug-likeness (QED) is 0.166. The number of hydrogen-bond donors (Lipinski definition) is 0. The standard InChI is InChI=1S/C48H32N2Si/c1-3-11-35(12-4-1)49-43-17-9-7-15-37(43)39-27-31(19-23-44(39)49)32-20-24-45-40(28-32)41-29-33(21-25-46(41)50(45)36-13-5-2-6-14-36)34-22-26-48-42(30-34)38-16-8-10-18-47(38)51-48/h1-30H,51H2. The van der Waals surface area contributed by atoms with Crippen LogP contribution in [0.3, 0.4) is 0 Å². The summed E-state index contributed by atoms with van der Waals surface area (Å²) in [6.07, 6.45) is 0. The highest BCUT2D eigenvalue weighted by Gasteiger charge is 2.20. The molecule has 0 radical (unpaired) electrons. The Morgan fingerprint density at radius 3 is 1.33 bits per heavy atom. The summed E-state index contributed by atoms with van der Waals surface area (Å²) >= 11 is 0. The maximum absolute atomic E-state index is 2.43. The first-order chi connectivity index (χ1) is 25.3. The van der Waals surface area contributed by atoms with E-state index in [1.54, 1.807) is 10.4 Å². The Morgan fingerprint density at radius 1 is 0.294 bits per heavy atom. The molecule has 0 fully saturated rings. The summed E-state index contributed by atoms with van der Waals surface area (Å²) in [5.41, 5.74) is 15.1. The molecule has 3 heterocycles. The molecule has 1 aliphatic rings. The Hall–Kier alpha value is -6.42. The Bertz CT molecular complexity index is 2990. The molecule has 0 aliphatic carbocycles. The van der Waals surface area contributed by atoms with E-state index in [1.165, 1.54) is 88.4 Å². The average Bonchev–Trinajstić information content (AvgIpc) is 3.85. The van der Waals surface area contributed by atoms with E-state index >= 15 is 0 Å². The highest BCUT2D eigenvalue weighted by molar-refractivity contribution is 6.73. The largest absolute Gasteiger partial charge is 0.309 e. The van der Waals surface area contributed by atoms with E-state index in [9.17, 15) is 0 Å². The van der Waals surface area contributed by atoms with Crippen LogP contribution < -0.4 is 10.4 Å². The fraction of sp³-hybridized carbons (Fsp3) is 0. The van der Waals surface area contributed by atoms with Crippen LogP contribution in [0.1, 0.15) is 0 Å². The zero-order chi connectivity index (χ0) is 33.5. The van der Waals surface area contributed by atoms with Gasteiger partial charge in [0.05, 0.1) is 31.6 Å². The van der Waals surface area contributed by atoms with Gasteiger partial charge < -0.3 is 9.13 Å². The van der Waals surface area contributed by atoms with Crippen molar-refractivity contribution in [1.82, 2.24) is 9.13 Å². The Morgan fingerprint density at radius 2 is 0.725 bits per heavy atom. The number of fused-ring (bicyclic) bond motifs is 9. The lowest BCUT2D eigenvalue weighted by molar-refractivity contribution is 1.18.